The zero-order valence-corrected chi connectivity index (χ0v) is 14.7. The Hall–Kier alpha value is -3.70. The van der Waals surface area contributed by atoms with Gasteiger partial charge in [0.2, 0.25) is 0 Å². The highest BCUT2D eigenvalue weighted by atomic mass is 19.4. The van der Waals surface area contributed by atoms with E-state index in [1.54, 1.807) is 16.9 Å². The van der Waals surface area contributed by atoms with Crippen LogP contribution in [0.1, 0.15) is 24.3 Å². The van der Waals surface area contributed by atoms with E-state index in [1.807, 2.05) is 6.07 Å². The molecule has 0 atom stereocenters. The molecule has 0 unspecified atom stereocenters. The molecule has 4 heterocycles. The van der Waals surface area contributed by atoms with Crippen molar-refractivity contribution in [1.82, 2.24) is 34.3 Å². The van der Waals surface area contributed by atoms with E-state index < -0.39 is 17.5 Å². The van der Waals surface area contributed by atoms with Crippen LogP contribution in [0.4, 0.5) is 13.2 Å². The lowest BCUT2D eigenvalue weighted by Gasteiger charge is -2.05. The van der Waals surface area contributed by atoms with Gasteiger partial charge in [-0.25, -0.2) is 14.3 Å². The van der Waals surface area contributed by atoms with E-state index in [-0.39, 0.29) is 4.68 Å². The number of alkyl halides is 3. The van der Waals surface area contributed by atoms with Crippen molar-refractivity contribution in [2.75, 3.05) is 0 Å². The van der Waals surface area contributed by atoms with Crippen molar-refractivity contribution in [1.29, 1.82) is 0 Å². The first-order valence-electron chi connectivity index (χ1n) is 8.56. The normalized spacial score (nSPS) is 13.9. The largest absolute Gasteiger partial charge is 0.504 e. The molecular weight excluding hydrogens is 391 g/mol. The van der Waals surface area contributed by atoms with Crippen LogP contribution >= 0.6 is 0 Å². The number of hydrogen-bond acceptors (Lipinski definition) is 5. The van der Waals surface area contributed by atoms with Crippen molar-refractivity contribution < 1.29 is 13.2 Å². The molecule has 4 aromatic heterocycles. The number of halogens is 3. The Bertz CT molecular complexity index is 1250. The van der Waals surface area contributed by atoms with Gasteiger partial charge in [0.1, 0.15) is 0 Å². The summed E-state index contributed by atoms with van der Waals surface area (Å²) in [5.41, 5.74) is 1.85. The summed E-state index contributed by atoms with van der Waals surface area (Å²) in [7, 11) is 0. The van der Waals surface area contributed by atoms with Crippen LogP contribution in [0.15, 0.2) is 52.7 Å². The molecule has 1 saturated carbocycles. The fourth-order valence-corrected chi connectivity index (χ4v) is 2.79. The second kappa shape index (κ2) is 7.04. The van der Waals surface area contributed by atoms with Crippen molar-refractivity contribution >= 4 is 5.65 Å². The van der Waals surface area contributed by atoms with Gasteiger partial charge in [-0.05, 0) is 30.9 Å². The highest BCUT2D eigenvalue weighted by molar-refractivity contribution is 5.62. The molecule has 29 heavy (non-hydrogen) atoms. The number of rotatable bonds is 2. The summed E-state index contributed by atoms with van der Waals surface area (Å²) in [6.07, 6.45) is 4.65. The number of nitrogens with zero attached hydrogens (tertiary/aromatic N) is 5. The monoisotopic (exact) mass is 405 g/mol. The summed E-state index contributed by atoms with van der Waals surface area (Å²) in [4.78, 5) is 31.9. The predicted molar refractivity (Wildman–Crippen MR) is 95.2 cm³/mol. The van der Waals surface area contributed by atoms with Gasteiger partial charge >= 0.3 is 12.0 Å². The molecule has 0 amide bonds. The molecule has 2 N–H and O–H groups in total. The first-order chi connectivity index (χ1) is 13.8. The van der Waals surface area contributed by atoms with Gasteiger partial charge < -0.3 is 4.98 Å². The quantitative estimate of drug-likeness (QED) is 0.530. The number of aromatic nitrogens is 7. The molecule has 0 aliphatic heterocycles. The van der Waals surface area contributed by atoms with Crippen LogP contribution in [0.2, 0.25) is 0 Å². The maximum Gasteiger partial charge on any atom is 0.504 e. The number of hydrogen-bond donors (Lipinski definition) is 2. The van der Waals surface area contributed by atoms with Crippen molar-refractivity contribution in [2.24, 2.45) is 0 Å². The summed E-state index contributed by atoms with van der Waals surface area (Å²) < 4.78 is 36.2. The molecular formula is C17H14F3N7O2. The molecule has 0 spiro atoms. The van der Waals surface area contributed by atoms with Crippen LogP contribution in [-0.2, 0) is 6.30 Å². The SMILES string of the molecule is FC(F)(F)n1cccn1.O=c1[nH]cc(-c2cc(C3CC3)c3nccn3n2)c(=O)[nH]1. The van der Waals surface area contributed by atoms with E-state index in [2.05, 4.69) is 25.1 Å². The molecule has 9 nitrogen and oxygen atoms in total. The van der Waals surface area contributed by atoms with E-state index in [1.165, 1.54) is 12.3 Å². The molecule has 12 heteroatoms. The van der Waals surface area contributed by atoms with E-state index in [0.717, 1.165) is 36.4 Å². The lowest BCUT2D eigenvalue weighted by atomic mass is 10.1. The Labute approximate surface area is 159 Å². The third-order valence-corrected chi connectivity index (χ3v) is 4.26. The number of imidazole rings is 1. The van der Waals surface area contributed by atoms with E-state index >= 15 is 0 Å². The fraction of sp³-hybridized carbons (Fsp3) is 0.235. The molecule has 5 rings (SSSR count). The Morgan fingerprint density at radius 3 is 2.52 bits per heavy atom. The molecule has 0 aromatic carbocycles. The van der Waals surface area contributed by atoms with Crippen LogP contribution in [0.5, 0.6) is 0 Å². The predicted octanol–water partition coefficient (Wildman–Crippen LogP) is 2.01. The standard InChI is InChI=1S/C13H11N5O2.C4H3F3N2/c19-12-9(6-15-13(20)16-12)10-5-8(7-1-2-7)11-14-3-4-18(11)17-10;5-4(6,7)9-3-1-2-8-9/h3-7H,1-2H2,(H2,15,16,19,20);1-3H. The summed E-state index contributed by atoms with van der Waals surface area (Å²) in [5, 5.41) is 7.36. The number of aromatic amines is 2. The Balaban J connectivity index is 0.000000192. The first kappa shape index (κ1) is 18.7. The van der Waals surface area contributed by atoms with Crippen LogP contribution in [0.25, 0.3) is 16.9 Å². The molecule has 1 aliphatic carbocycles. The number of fused-ring (bicyclic) bond motifs is 1. The smallest absolute Gasteiger partial charge is 0.313 e. The van der Waals surface area contributed by atoms with E-state index in [4.69, 9.17) is 0 Å². The van der Waals surface area contributed by atoms with E-state index in [9.17, 15) is 22.8 Å². The summed E-state index contributed by atoms with van der Waals surface area (Å²) in [6, 6.07) is 3.11. The van der Waals surface area contributed by atoms with Gasteiger partial charge in [0, 0.05) is 36.5 Å². The zero-order valence-electron chi connectivity index (χ0n) is 14.7. The van der Waals surface area contributed by atoms with Crippen LogP contribution in [0.3, 0.4) is 0 Å². The molecule has 1 fully saturated rings. The lowest BCUT2D eigenvalue weighted by Crippen LogP contribution is -2.23. The minimum absolute atomic E-state index is 0.0625. The van der Waals surface area contributed by atoms with Gasteiger partial charge in [-0.1, -0.05) is 0 Å². The van der Waals surface area contributed by atoms with Gasteiger partial charge in [0.15, 0.2) is 5.65 Å². The second-order valence-corrected chi connectivity index (χ2v) is 6.36. The Kier molecular flexibility index (Phi) is 4.53. The van der Waals surface area contributed by atoms with Crippen LogP contribution in [-0.4, -0.2) is 34.3 Å². The molecule has 0 saturated heterocycles. The van der Waals surface area contributed by atoms with Crippen molar-refractivity contribution in [3.8, 4) is 11.3 Å². The second-order valence-electron chi connectivity index (χ2n) is 6.36. The number of H-pyrrole nitrogens is 2. The highest BCUT2D eigenvalue weighted by Gasteiger charge is 2.30. The maximum absolute atomic E-state index is 11.9. The molecule has 0 bridgehead atoms. The third-order valence-electron chi connectivity index (χ3n) is 4.26. The van der Waals surface area contributed by atoms with Gasteiger partial charge in [-0.15, -0.1) is 13.2 Å². The van der Waals surface area contributed by atoms with E-state index in [0.29, 0.717) is 17.2 Å². The molecule has 150 valence electrons. The van der Waals surface area contributed by atoms with Gasteiger partial charge in [0.05, 0.1) is 11.3 Å². The third kappa shape index (κ3) is 3.95. The van der Waals surface area contributed by atoms with Crippen molar-refractivity contribution in [3.63, 3.8) is 0 Å². The topological polar surface area (TPSA) is 114 Å². The summed E-state index contributed by atoms with van der Waals surface area (Å²) in [6.45, 7) is 0. The fourth-order valence-electron chi connectivity index (χ4n) is 2.79. The maximum atomic E-state index is 11.9. The van der Waals surface area contributed by atoms with Gasteiger partial charge in [-0.2, -0.15) is 14.9 Å². The summed E-state index contributed by atoms with van der Waals surface area (Å²) in [5.74, 6) is 0.489. The lowest BCUT2D eigenvalue weighted by molar-refractivity contribution is -0.212. The minimum Gasteiger partial charge on any atom is -0.313 e. The Morgan fingerprint density at radius 2 is 1.93 bits per heavy atom. The summed E-state index contributed by atoms with van der Waals surface area (Å²) >= 11 is 0. The number of nitrogens with one attached hydrogen (secondary N) is 2. The zero-order chi connectivity index (χ0) is 20.6. The molecule has 4 aromatic rings. The average Bonchev–Trinajstić information content (AvgIpc) is 3.15. The molecule has 1 aliphatic rings. The average molecular weight is 405 g/mol. The first-order valence-corrected chi connectivity index (χ1v) is 8.56. The van der Waals surface area contributed by atoms with Crippen molar-refractivity contribution in [3.05, 3.63) is 69.5 Å². The van der Waals surface area contributed by atoms with Gasteiger partial charge in [0.25, 0.3) is 5.56 Å². The van der Waals surface area contributed by atoms with Crippen LogP contribution < -0.4 is 11.2 Å². The molecule has 0 radical (unpaired) electrons. The highest BCUT2D eigenvalue weighted by Crippen LogP contribution is 2.42. The van der Waals surface area contributed by atoms with Crippen LogP contribution in [0, 0.1) is 0 Å². The van der Waals surface area contributed by atoms with Gasteiger partial charge in [-0.3, -0.25) is 9.78 Å². The Morgan fingerprint density at radius 1 is 1.14 bits per heavy atom. The van der Waals surface area contributed by atoms with Crippen molar-refractivity contribution in [2.45, 2.75) is 25.1 Å². The minimum atomic E-state index is -4.37.